The molecule has 0 aliphatic carbocycles. The van der Waals surface area contributed by atoms with Gasteiger partial charge in [-0.2, -0.15) is 0 Å². The number of carbonyl (C=O) groups excluding carboxylic acids is 3. The minimum absolute atomic E-state index is 0.00275. The van der Waals surface area contributed by atoms with Crippen molar-refractivity contribution in [2.45, 2.75) is 90.4 Å². The van der Waals surface area contributed by atoms with Crippen molar-refractivity contribution in [3.05, 3.63) is 0 Å². The molecular weight excluding hydrogens is 508 g/mol. The summed E-state index contributed by atoms with van der Waals surface area (Å²) in [5.74, 6) is -3.06. The standard InChI is InChI=1S/C24H48N10O5/c1-13(2)11-17(33-19(35)15(25)7-5-9-30-23(26)27)21(37)34-18(12-14(3)4)20(36)32-16(22(38)39)8-6-10-31-24(28)29/h13-18H,5-12,25H2,1-4H3,(H,32,36)(H,33,35)(H,34,37)(H,38,39)(H4,26,27,30)(H4,28,29,31). The van der Waals surface area contributed by atoms with E-state index in [-0.39, 0.29) is 43.1 Å². The Morgan fingerprint density at radius 2 is 1.05 bits per heavy atom. The van der Waals surface area contributed by atoms with Crippen molar-refractivity contribution < 1.29 is 24.3 Å². The van der Waals surface area contributed by atoms with Crippen molar-refractivity contribution >= 4 is 35.6 Å². The molecular formula is C24H48N10O5. The Bertz CT molecular complexity index is 854. The zero-order valence-corrected chi connectivity index (χ0v) is 23.5. The van der Waals surface area contributed by atoms with Gasteiger partial charge in [-0.25, -0.2) is 4.79 Å². The van der Waals surface area contributed by atoms with E-state index >= 15 is 0 Å². The molecule has 0 aliphatic heterocycles. The second kappa shape index (κ2) is 18.6. The van der Waals surface area contributed by atoms with Crippen LogP contribution in [0.15, 0.2) is 9.98 Å². The maximum absolute atomic E-state index is 13.2. The number of hydrogen-bond donors (Lipinski definition) is 9. The largest absolute Gasteiger partial charge is 0.480 e. The van der Waals surface area contributed by atoms with Crippen LogP contribution in [-0.4, -0.2) is 78.0 Å². The molecule has 0 rings (SSSR count). The van der Waals surface area contributed by atoms with Gasteiger partial charge in [0.15, 0.2) is 11.9 Å². The SMILES string of the molecule is CC(C)CC(NC(=O)C(N)CCCN=C(N)N)C(=O)NC(CC(C)C)C(=O)NC(CCCN=C(N)N)C(=O)O. The van der Waals surface area contributed by atoms with Crippen LogP contribution in [0.2, 0.25) is 0 Å². The fraction of sp³-hybridized carbons (Fsp3) is 0.750. The summed E-state index contributed by atoms with van der Waals surface area (Å²) in [6, 6.07) is -4.04. The number of rotatable bonds is 19. The third-order valence-electron chi connectivity index (χ3n) is 5.54. The van der Waals surface area contributed by atoms with Crippen molar-refractivity contribution in [1.82, 2.24) is 16.0 Å². The predicted molar refractivity (Wildman–Crippen MR) is 150 cm³/mol. The lowest BCUT2D eigenvalue weighted by atomic mass is 9.99. The number of aliphatic carboxylic acids is 1. The summed E-state index contributed by atoms with van der Waals surface area (Å²) in [5, 5.41) is 17.4. The molecule has 0 aromatic rings. The molecule has 3 amide bonds. The fourth-order valence-electron chi connectivity index (χ4n) is 3.64. The number of carboxylic acids is 1. The number of nitrogens with two attached hydrogens (primary N) is 5. The minimum Gasteiger partial charge on any atom is -0.480 e. The summed E-state index contributed by atoms with van der Waals surface area (Å²) in [5.41, 5.74) is 27.1. The Kier molecular flexibility index (Phi) is 16.9. The molecule has 0 spiro atoms. The summed E-state index contributed by atoms with van der Waals surface area (Å²) in [4.78, 5) is 58.3. The lowest BCUT2D eigenvalue weighted by Crippen LogP contribution is -2.57. The van der Waals surface area contributed by atoms with Gasteiger partial charge in [-0.3, -0.25) is 24.4 Å². The highest BCUT2D eigenvalue weighted by Gasteiger charge is 2.31. The molecule has 15 heteroatoms. The van der Waals surface area contributed by atoms with Crippen molar-refractivity contribution in [2.24, 2.45) is 50.5 Å². The highest BCUT2D eigenvalue weighted by Crippen LogP contribution is 2.10. The molecule has 0 saturated heterocycles. The van der Waals surface area contributed by atoms with Crippen molar-refractivity contribution in [2.75, 3.05) is 13.1 Å². The summed E-state index contributed by atoms with van der Waals surface area (Å²) in [6.07, 6.45) is 1.75. The molecule has 39 heavy (non-hydrogen) atoms. The fourth-order valence-corrected chi connectivity index (χ4v) is 3.64. The Balaban J connectivity index is 5.41. The first-order valence-corrected chi connectivity index (χ1v) is 13.1. The number of guanidine groups is 2. The zero-order valence-electron chi connectivity index (χ0n) is 23.5. The monoisotopic (exact) mass is 556 g/mol. The third kappa shape index (κ3) is 16.8. The number of aliphatic imine (C=N–C) groups is 2. The lowest BCUT2D eigenvalue weighted by molar-refractivity contribution is -0.142. The Labute approximate surface area is 230 Å². The molecule has 0 aromatic heterocycles. The summed E-state index contributed by atoms with van der Waals surface area (Å²) in [6.45, 7) is 8.04. The van der Waals surface area contributed by atoms with Gasteiger partial charge in [-0.1, -0.05) is 27.7 Å². The Morgan fingerprint density at radius 3 is 1.44 bits per heavy atom. The lowest BCUT2D eigenvalue weighted by Gasteiger charge is -2.27. The van der Waals surface area contributed by atoms with E-state index in [1.165, 1.54) is 0 Å². The molecule has 4 unspecified atom stereocenters. The van der Waals surface area contributed by atoms with E-state index in [1.54, 1.807) is 0 Å². The van der Waals surface area contributed by atoms with Gasteiger partial charge in [-0.05, 0) is 50.4 Å². The number of carboxylic acid groups (broad SMARTS) is 1. The van der Waals surface area contributed by atoms with Crippen LogP contribution < -0.4 is 44.6 Å². The highest BCUT2D eigenvalue weighted by molar-refractivity contribution is 5.94. The van der Waals surface area contributed by atoms with Gasteiger partial charge in [0.05, 0.1) is 6.04 Å². The van der Waals surface area contributed by atoms with Crippen LogP contribution in [-0.2, 0) is 19.2 Å². The molecule has 0 bridgehead atoms. The topological polar surface area (TPSA) is 279 Å². The average Bonchev–Trinajstić information content (AvgIpc) is 2.81. The first-order chi connectivity index (χ1) is 18.1. The summed E-state index contributed by atoms with van der Waals surface area (Å²) in [7, 11) is 0. The summed E-state index contributed by atoms with van der Waals surface area (Å²) >= 11 is 0. The normalized spacial score (nSPS) is 14.0. The molecule has 224 valence electrons. The second-order valence-electron chi connectivity index (χ2n) is 10.3. The van der Waals surface area contributed by atoms with Gasteiger partial charge in [0.2, 0.25) is 17.7 Å². The van der Waals surface area contributed by atoms with Crippen LogP contribution in [0.3, 0.4) is 0 Å². The van der Waals surface area contributed by atoms with Gasteiger partial charge in [0.25, 0.3) is 0 Å². The summed E-state index contributed by atoms with van der Waals surface area (Å²) < 4.78 is 0. The van der Waals surface area contributed by atoms with Gasteiger partial charge in [0, 0.05) is 13.1 Å². The van der Waals surface area contributed by atoms with E-state index in [2.05, 4.69) is 25.9 Å². The van der Waals surface area contributed by atoms with E-state index in [1.807, 2.05) is 27.7 Å². The number of nitrogens with zero attached hydrogens (tertiary/aromatic N) is 2. The van der Waals surface area contributed by atoms with Gasteiger partial charge >= 0.3 is 5.97 Å². The van der Waals surface area contributed by atoms with E-state index in [4.69, 9.17) is 28.7 Å². The van der Waals surface area contributed by atoms with Crippen LogP contribution in [0.25, 0.3) is 0 Å². The third-order valence-corrected chi connectivity index (χ3v) is 5.54. The van der Waals surface area contributed by atoms with Crippen LogP contribution in [0.4, 0.5) is 0 Å². The van der Waals surface area contributed by atoms with Gasteiger partial charge in [0.1, 0.15) is 18.1 Å². The molecule has 4 atom stereocenters. The Morgan fingerprint density at radius 1 is 0.667 bits per heavy atom. The van der Waals surface area contributed by atoms with E-state index < -0.39 is 47.9 Å². The average molecular weight is 557 g/mol. The number of amides is 3. The molecule has 0 heterocycles. The van der Waals surface area contributed by atoms with Crippen LogP contribution >= 0.6 is 0 Å². The van der Waals surface area contributed by atoms with Gasteiger partial charge < -0.3 is 49.7 Å². The van der Waals surface area contributed by atoms with Crippen molar-refractivity contribution in [3.63, 3.8) is 0 Å². The number of hydrogen-bond acceptors (Lipinski definition) is 7. The first-order valence-electron chi connectivity index (χ1n) is 13.1. The molecule has 0 aromatic carbocycles. The zero-order chi connectivity index (χ0) is 30.1. The number of carbonyl (C=O) groups is 4. The maximum atomic E-state index is 13.2. The van der Waals surface area contributed by atoms with Gasteiger partial charge in [-0.15, -0.1) is 0 Å². The van der Waals surface area contributed by atoms with Crippen molar-refractivity contribution in [3.8, 4) is 0 Å². The molecule has 14 N–H and O–H groups in total. The number of nitrogens with one attached hydrogen (secondary N) is 3. The first kappa shape index (κ1) is 35.4. The second-order valence-corrected chi connectivity index (χ2v) is 10.3. The van der Waals surface area contributed by atoms with E-state index in [9.17, 15) is 24.3 Å². The molecule has 0 radical (unpaired) electrons. The van der Waals surface area contributed by atoms with Crippen molar-refractivity contribution in [1.29, 1.82) is 0 Å². The Hall–Kier alpha value is -3.62. The minimum atomic E-state index is -1.22. The molecule has 0 fully saturated rings. The van der Waals surface area contributed by atoms with E-state index in [0.717, 1.165) is 0 Å². The predicted octanol–water partition coefficient (Wildman–Crippen LogP) is -1.95. The molecule has 0 saturated carbocycles. The quantitative estimate of drug-likeness (QED) is 0.0481. The van der Waals surface area contributed by atoms with Crippen LogP contribution in [0, 0.1) is 11.8 Å². The smallest absolute Gasteiger partial charge is 0.326 e. The maximum Gasteiger partial charge on any atom is 0.326 e. The highest BCUT2D eigenvalue weighted by atomic mass is 16.4. The molecule has 15 nitrogen and oxygen atoms in total. The molecule has 0 aliphatic rings. The van der Waals surface area contributed by atoms with Crippen LogP contribution in [0.1, 0.15) is 66.2 Å². The van der Waals surface area contributed by atoms with Crippen LogP contribution in [0.5, 0.6) is 0 Å². The van der Waals surface area contributed by atoms with E-state index in [0.29, 0.717) is 32.2 Å².